The van der Waals surface area contributed by atoms with Crippen LogP contribution in [0.25, 0.3) is 20.4 Å². The van der Waals surface area contributed by atoms with Crippen LogP contribution in [0.2, 0.25) is 0 Å². The van der Waals surface area contributed by atoms with Crippen molar-refractivity contribution in [1.29, 1.82) is 0 Å². The summed E-state index contributed by atoms with van der Waals surface area (Å²) in [5, 5.41) is 0. The second kappa shape index (κ2) is 12.1. The fourth-order valence-corrected chi connectivity index (χ4v) is 6.32. The van der Waals surface area contributed by atoms with Gasteiger partial charge in [-0.05, 0) is 37.6 Å². The first-order valence-electron chi connectivity index (χ1n) is 11.9. The molecule has 9 nitrogen and oxygen atoms in total. The highest BCUT2D eigenvalue weighted by Gasteiger charge is 2.36. The first kappa shape index (κ1) is 30.0. The Kier molecular flexibility index (Phi) is 9.59. The standard InChI is InChI=1S/C25H27N5O4S.3ClH/c1-15(28-11-12-29-16(13-28)14-34-18-6-3-5-17(33-2)22(18)29)8-10-30-24(31)23-21(27-25(30)32)20-19(35-23)7-4-9-26-20;;;/h3-7,9,15-16H,8,10-14H2,1-2H3,(H,27,32);3*1H. The van der Waals surface area contributed by atoms with Crippen molar-refractivity contribution in [1.82, 2.24) is 19.4 Å². The number of nitrogens with one attached hydrogen (secondary N) is 1. The van der Waals surface area contributed by atoms with Crippen LogP contribution in [0.3, 0.4) is 0 Å². The topological polar surface area (TPSA) is 92.7 Å². The number of fused-ring (bicyclic) bond motifs is 6. The zero-order valence-corrected chi connectivity index (χ0v) is 24.2. The maximum absolute atomic E-state index is 13.1. The summed E-state index contributed by atoms with van der Waals surface area (Å²) in [6, 6.07) is 10.1. The fourth-order valence-electron chi connectivity index (χ4n) is 5.26. The fraction of sp³-hybridized carbons (Fsp3) is 0.400. The molecule has 1 N–H and O–H groups in total. The molecular formula is C25H30Cl3N5O4S. The molecule has 2 unspecified atom stereocenters. The molecule has 0 spiro atoms. The number of thiophene rings is 1. The van der Waals surface area contributed by atoms with E-state index in [2.05, 4.69) is 26.7 Å². The third-order valence-corrected chi connectivity index (χ3v) is 8.30. The maximum atomic E-state index is 13.1. The van der Waals surface area contributed by atoms with E-state index in [4.69, 9.17) is 9.47 Å². The van der Waals surface area contributed by atoms with Crippen LogP contribution in [0.5, 0.6) is 11.5 Å². The number of ether oxygens (including phenoxy) is 2. The Morgan fingerprint density at radius 2 is 2.00 bits per heavy atom. The zero-order valence-electron chi connectivity index (χ0n) is 20.9. The molecule has 0 aliphatic carbocycles. The van der Waals surface area contributed by atoms with Crippen LogP contribution in [0, 0.1) is 0 Å². The van der Waals surface area contributed by atoms with E-state index in [1.807, 2.05) is 30.3 Å². The molecule has 206 valence electrons. The lowest BCUT2D eigenvalue weighted by Gasteiger charge is -2.47. The number of hydrogen-bond acceptors (Lipinski definition) is 8. The van der Waals surface area contributed by atoms with Gasteiger partial charge in [-0.25, -0.2) is 4.79 Å². The Labute approximate surface area is 242 Å². The molecule has 0 bridgehead atoms. The molecular weight excluding hydrogens is 573 g/mol. The zero-order chi connectivity index (χ0) is 24.1. The van der Waals surface area contributed by atoms with Gasteiger partial charge in [0.1, 0.15) is 34.0 Å². The van der Waals surface area contributed by atoms with Gasteiger partial charge < -0.3 is 19.4 Å². The molecule has 2 aliphatic heterocycles. The molecule has 3 aromatic heterocycles. The minimum Gasteiger partial charge on any atom is -0.494 e. The van der Waals surface area contributed by atoms with Gasteiger partial charge in [0.25, 0.3) is 5.56 Å². The van der Waals surface area contributed by atoms with Gasteiger partial charge in [-0.3, -0.25) is 19.2 Å². The van der Waals surface area contributed by atoms with Gasteiger partial charge in [0.2, 0.25) is 0 Å². The lowest BCUT2D eigenvalue weighted by atomic mass is 10.0. The molecule has 1 fully saturated rings. The molecule has 2 aliphatic rings. The second-order valence-electron chi connectivity index (χ2n) is 9.14. The number of para-hydroxylation sites is 1. The highest BCUT2D eigenvalue weighted by atomic mass is 35.5. The minimum atomic E-state index is -0.380. The summed E-state index contributed by atoms with van der Waals surface area (Å²) >= 11 is 1.38. The summed E-state index contributed by atoms with van der Waals surface area (Å²) in [5.74, 6) is 1.70. The van der Waals surface area contributed by atoms with Crippen LogP contribution in [-0.4, -0.2) is 64.9 Å². The Hall–Kier alpha value is -2.50. The number of halogens is 3. The van der Waals surface area contributed by atoms with Crippen LogP contribution in [0.4, 0.5) is 5.69 Å². The number of aromatic amines is 1. The minimum absolute atomic E-state index is 0. The van der Waals surface area contributed by atoms with E-state index in [0.29, 0.717) is 35.3 Å². The third-order valence-electron chi connectivity index (χ3n) is 7.17. The Morgan fingerprint density at radius 3 is 2.79 bits per heavy atom. The average Bonchev–Trinajstić information content (AvgIpc) is 3.26. The lowest BCUT2D eigenvalue weighted by Crippen LogP contribution is -2.59. The first-order valence-corrected chi connectivity index (χ1v) is 12.7. The van der Waals surface area contributed by atoms with E-state index < -0.39 is 0 Å². The van der Waals surface area contributed by atoms with Crippen LogP contribution >= 0.6 is 48.6 Å². The second-order valence-corrected chi connectivity index (χ2v) is 10.2. The van der Waals surface area contributed by atoms with Gasteiger partial charge in [-0.1, -0.05) is 6.07 Å². The Balaban J connectivity index is 0.00000133. The molecule has 1 aromatic carbocycles. The van der Waals surface area contributed by atoms with E-state index in [0.717, 1.165) is 41.5 Å². The summed E-state index contributed by atoms with van der Waals surface area (Å²) in [6.07, 6.45) is 2.37. The molecule has 2 atom stereocenters. The number of benzene rings is 1. The summed E-state index contributed by atoms with van der Waals surface area (Å²) in [5.41, 5.74) is 1.62. The molecule has 0 amide bonds. The van der Waals surface area contributed by atoms with Crippen molar-refractivity contribution in [2.24, 2.45) is 0 Å². The number of methoxy groups -OCH3 is 1. The van der Waals surface area contributed by atoms with Gasteiger partial charge in [0.05, 0.1) is 23.4 Å². The van der Waals surface area contributed by atoms with E-state index in [9.17, 15) is 9.59 Å². The van der Waals surface area contributed by atoms with Crippen LogP contribution in [0.1, 0.15) is 13.3 Å². The number of hydrogen-bond donors (Lipinski definition) is 1. The van der Waals surface area contributed by atoms with Crippen molar-refractivity contribution in [3.63, 3.8) is 0 Å². The highest BCUT2D eigenvalue weighted by molar-refractivity contribution is 7.25. The lowest BCUT2D eigenvalue weighted by molar-refractivity contribution is 0.127. The van der Waals surface area contributed by atoms with Gasteiger partial charge in [0, 0.05) is 38.4 Å². The van der Waals surface area contributed by atoms with Gasteiger partial charge in [0.15, 0.2) is 0 Å². The number of rotatable bonds is 5. The predicted octanol–water partition coefficient (Wildman–Crippen LogP) is 3.94. The van der Waals surface area contributed by atoms with Crippen molar-refractivity contribution < 1.29 is 9.47 Å². The summed E-state index contributed by atoms with van der Waals surface area (Å²) < 4.78 is 14.4. The van der Waals surface area contributed by atoms with E-state index in [-0.39, 0.29) is 60.6 Å². The monoisotopic (exact) mass is 601 g/mol. The number of aromatic nitrogens is 3. The van der Waals surface area contributed by atoms with Crippen LogP contribution in [0.15, 0.2) is 46.1 Å². The van der Waals surface area contributed by atoms with Gasteiger partial charge in [-0.2, -0.15) is 0 Å². The quantitative estimate of drug-likeness (QED) is 0.370. The van der Waals surface area contributed by atoms with Crippen LogP contribution in [-0.2, 0) is 6.54 Å². The number of piperazine rings is 1. The van der Waals surface area contributed by atoms with E-state index >= 15 is 0 Å². The largest absolute Gasteiger partial charge is 0.494 e. The summed E-state index contributed by atoms with van der Waals surface area (Å²) in [4.78, 5) is 38.0. The van der Waals surface area contributed by atoms with Gasteiger partial charge >= 0.3 is 5.69 Å². The molecule has 5 heterocycles. The number of nitrogens with zero attached hydrogens (tertiary/aromatic N) is 4. The first-order chi connectivity index (χ1) is 17.0. The molecule has 1 saturated heterocycles. The van der Waals surface area contributed by atoms with E-state index in [1.165, 1.54) is 15.9 Å². The normalized spacial score (nSPS) is 17.3. The van der Waals surface area contributed by atoms with Gasteiger partial charge in [-0.15, -0.1) is 48.6 Å². The smallest absolute Gasteiger partial charge is 0.328 e. The molecule has 38 heavy (non-hydrogen) atoms. The average molecular weight is 603 g/mol. The summed E-state index contributed by atoms with van der Waals surface area (Å²) in [6.45, 7) is 5.76. The maximum Gasteiger partial charge on any atom is 0.328 e. The molecule has 13 heteroatoms. The SMILES string of the molecule is COc1cccc2c1N1CCN(C(C)CCn3c(=O)[nH]c4c(sc5cccnc54)c3=O)CC1CO2.Cl.Cl.Cl. The Bertz CT molecular complexity index is 1530. The van der Waals surface area contributed by atoms with Crippen molar-refractivity contribution in [3.8, 4) is 11.5 Å². The number of pyridine rings is 1. The Morgan fingerprint density at radius 1 is 1.18 bits per heavy atom. The number of H-pyrrole nitrogens is 1. The predicted molar refractivity (Wildman–Crippen MR) is 159 cm³/mol. The third kappa shape index (κ3) is 5.08. The summed E-state index contributed by atoms with van der Waals surface area (Å²) in [7, 11) is 1.69. The van der Waals surface area contributed by atoms with Crippen molar-refractivity contribution in [2.45, 2.75) is 32.0 Å². The molecule has 6 rings (SSSR count). The van der Waals surface area contributed by atoms with Crippen molar-refractivity contribution in [3.05, 3.63) is 57.4 Å². The van der Waals surface area contributed by atoms with E-state index in [1.54, 1.807) is 13.3 Å². The van der Waals surface area contributed by atoms with Crippen molar-refractivity contribution >= 4 is 74.7 Å². The highest BCUT2D eigenvalue weighted by Crippen LogP contribution is 2.42. The molecule has 0 saturated carbocycles. The van der Waals surface area contributed by atoms with Crippen molar-refractivity contribution in [2.75, 3.05) is 38.3 Å². The van der Waals surface area contributed by atoms with Crippen LogP contribution < -0.4 is 25.6 Å². The molecule has 4 aromatic rings. The number of anilines is 1. The molecule has 0 radical (unpaired) electrons.